The van der Waals surface area contributed by atoms with E-state index in [1.165, 1.54) is 23.6 Å². The quantitative estimate of drug-likeness (QED) is 0.731. The molecule has 1 aliphatic heterocycles. The number of ether oxygens (including phenoxy) is 1. The molecule has 0 bridgehead atoms. The molecule has 1 heterocycles. The average molecular weight is 245 g/mol. The van der Waals surface area contributed by atoms with Gasteiger partial charge in [-0.15, -0.1) is 0 Å². The molecular formula is C11H19NO3S. The van der Waals surface area contributed by atoms with Crippen LogP contribution in [-0.4, -0.2) is 39.5 Å². The van der Waals surface area contributed by atoms with E-state index in [4.69, 9.17) is 4.74 Å². The molecule has 0 spiro atoms. The Balaban J connectivity index is 2.03. The Labute approximate surface area is 97.3 Å². The Morgan fingerprint density at radius 1 is 1.50 bits per heavy atom. The van der Waals surface area contributed by atoms with Crippen molar-refractivity contribution in [3.63, 3.8) is 0 Å². The number of nitrogens with zero attached hydrogens (tertiary/aromatic N) is 1. The second-order valence-electron chi connectivity index (χ2n) is 4.90. The zero-order valence-corrected chi connectivity index (χ0v) is 10.5. The third-order valence-electron chi connectivity index (χ3n) is 3.96. The first-order chi connectivity index (χ1) is 7.54. The Hall–Kier alpha value is -0.390. The van der Waals surface area contributed by atoms with Crippen molar-refractivity contribution in [1.29, 1.82) is 0 Å². The summed E-state index contributed by atoms with van der Waals surface area (Å²) >= 11 is 0. The fourth-order valence-electron chi connectivity index (χ4n) is 2.72. The smallest absolute Gasteiger partial charge is 0.235 e. The van der Waals surface area contributed by atoms with Gasteiger partial charge in [0, 0.05) is 31.0 Å². The fourth-order valence-corrected chi connectivity index (χ4v) is 3.80. The molecule has 92 valence electrons. The summed E-state index contributed by atoms with van der Waals surface area (Å²) in [4.78, 5) is 0. The van der Waals surface area contributed by atoms with Crippen LogP contribution in [0.5, 0.6) is 0 Å². The molecule has 1 aliphatic carbocycles. The molecule has 0 amide bonds. The van der Waals surface area contributed by atoms with Crippen LogP contribution in [0.15, 0.2) is 12.0 Å². The lowest BCUT2D eigenvalue weighted by molar-refractivity contribution is -0.0797. The van der Waals surface area contributed by atoms with Crippen LogP contribution in [-0.2, 0) is 14.8 Å². The first kappa shape index (κ1) is 12.1. The molecule has 0 radical (unpaired) electrons. The molecule has 2 rings (SSSR count). The second-order valence-corrected chi connectivity index (χ2v) is 6.78. The highest BCUT2D eigenvalue weighted by atomic mass is 32.2. The first-order valence-electron chi connectivity index (χ1n) is 5.66. The molecule has 0 atom stereocenters. The topological polar surface area (TPSA) is 46.6 Å². The lowest BCUT2D eigenvalue weighted by Gasteiger charge is -2.55. The van der Waals surface area contributed by atoms with Crippen LogP contribution in [0.1, 0.15) is 19.3 Å². The molecule has 0 aromatic carbocycles. The van der Waals surface area contributed by atoms with E-state index < -0.39 is 10.0 Å². The van der Waals surface area contributed by atoms with Crippen LogP contribution in [0.2, 0.25) is 0 Å². The molecule has 0 unspecified atom stereocenters. The Morgan fingerprint density at radius 2 is 2.12 bits per heavy atom. The van der Waals surface area contributed by atoms with E-state index in [0.717, 1.165) is 5.41 Å². The molecule has 1 saturated carbocycles. The van der Waals surface area contributed by atoms with Crippen molar-refractivity contribution in [3.8, 4) is 0 Å². The molecular weight excluding hydrogens is 226 g/mol. The minimum absolute atomic E-state index is 0.0725. The third kappa shape index (κ3) is 1.81. The normalized spacial score (nSPS) is 25.8. The van der Waals surface area contributed by atoms with Gasteiger partial charge in [0.15, 0.2) is 0 Å². The molecule has 2 aliphatic rings. The van der Waals surface area contributed by atoms with Crippen molar-refractivity contribution in [2.45, 2.75) is 19.3 Å². The van der Waals surface area contributed by atoms with E-state index in [2.05, 4.69) is 6.58 Å². The van der Waals surface area contributed by atoms with Gasteiger partial charge >= 0.3 is 0 Å². The Morgan fingerprint density at radius 3 is 2.50 bits per heavy atom. The molecule has 4 nitrogen and oxygen atoms in total. The molecule has 2 fully saturated rings. The number of hydrogen-bond acceptors (Lipinski definition) is 3. The second kappa shape index (κ2) is 4.13. The van der Waals surface area contributed by atoms with E-state index in [1.807, 2.05) is 0 Å². The highest BCUT2D eigenvalue weighted by Gasteiger charge is 2.53. The lowest BCUT2D eigenvalue weighted by atomic mass is 9.62. The molecule has 0 aromatic heterocycles. The lowest BCUT2D eigenvalue weighted by Crippen LogP contribution is -2.64. The number of hydrogen-bond donors (Lipinski definition) is 0. The summed E-state index contributed by atoms with van der Waals surface area (Å²) in [5.41, 5.74) is 0.0725. The first-order valence-corrected chi connectivity index (χ1v) is 7.16. The van der Waals surface area contributed by atoms with Gasteiger partial charge in [-0.2, -0.15) is 4.31 Å². The number of sulfonamides is 1. The Bertz CT molecular complexity index is 367. The van der Waals surface area contributed by atoms with Gasteiger partial charge in [0.05, 0.1) is 6.61 Å². The van der Waals surface area contributed by atoms with Gasteiger partial charge in [0.25, 0.3) is 0 Å². The van der Waals surface area contributed by atoms with Crippen LogP contribution in [0, 0.1) is 11.3 Å². The molecule has 0 aromatic rings. The number of methoxy groups -OCH3 is 1. The van der Waals surface area contributed by atoms with Crippen LogP contribution in [0.4, 0.5) is 0 Å². The summed E-state index contributed by atoms with van der Waals surface area (Å²) in [6, 6.07) is 0. The molecule has 16 heavy (non-hydrogen) atoms. The predicted molar refractivity (Wildman–Crippen MR) is 62.3 cm³/mol. The largest absolute Gasteiger partial charge is 0.384 e. The van der Waals surface area contributed by atoms with Crippen LogP contribution in [0.25, 0.3) is 0 Å². The van der Waals surface area contributed by atoms with Crippen molar-refractivity contribution in [2.24, 2.45) is 11.3 Å². The minimum atomic E-state index is -3.23. The van der Waals surface area contributed by atoms with Gasteiger partial charge in [-0.05, 0) is 18.8 Å². The van der Waals surface area contributed by atoms with E-state index in [1.54, 1.807) is 7.11 Å². The highest BCUT2D eigenvalue weighted by Crippen LogP contribution is 2.48. The summed E-state index contributed by atoms with van der Waals surface area (Å²) in [5, 5.41) is 1.03. The molecule has 1 saturated heterocycles. The summed E-state index contributed by atoms with van der Waals surface area (Å²) in [6.07, 6.45) is 3.70. The van der Waals surface area contributed by atoms with Crippen molar-refractivity contribution in [3.05, 3.63) is 12.0 Å². The summed E-state index contributed by atoms with van der Waals surface area (Å²) in [6.45, 7) is 5.21. The maximum Gasteiger partial charge on any atom is 0.235 e. The van der Waals surface area contributed by atoms with Crippen LogP contribution >= 0.6 is 0 Å². The monoisotopic (exact) mass is 245 g/mol. The summed E-state index contributed by atoms with van der Waals surface area (Å²) < 4.78 is 29.9. The maximum atomic E-state index is 11.6. The van der Waals surface area contributed by atoms with Crippen molar-refractivity contribution >= 4 is 10.0 Å². The summed E-state index contributed by atoms with van der Waals surface area (Å²) in [7, 11) is -1.54. The average Bonchev–Trinajstić information content (AvgIpc) is 2.10. The van der Waals surface area contributed by atoms with Crippen LogP contribution < -0.4 is 0 Å². The van der Waals surface area contributed by atoms with Crippen LogP contribution in [0.3, 0.4) is 0 Å². The van der Waals surface area contributed by atoms with Gasteiger partial charge in [-0.1, -0.05) is 13.0 Å². The standard InChI is InChI=1S/C11H19NO3S/c1-3-16(13,14)12-7-11(8-12,9-15-2)10-5-4-6-10/h3,10H,1,4-9H2,2H3. The number of rotatable bonds is 5. The summed E-state index contributed by atoms with van der Waals surface area (Å²) in [5.74, 6) is 0.642. The van der Waals surface area contributed by atoms with Gasteiger partial charge in [-0.3, -0.25) is 0 Å². The van der Waals surface area contributed by atoms with E-state index >= 15 is 0 Å². The van der Waals surface area contributed by atoms with Gasteiger partial charge in [-0.25, -0.2) is 8.42 Å². The van der Waals surface area contributed by atoms with E-state index in [9.17, 15) is 8.42 Å². The van der Waals surface area contributed by atoms with Gasteiger partial charge in [0.2, 0.25) is 10.0 Å². The third-order valence-corrected chi connectivity index (χ3v) is 5.36. The van der Waals surface area contributed by atoms with Gasteiger partial charge < -0.3 is 4.74 Å². The highest BCUT2D eigenvalue weighted by molar-refractivity contribution is 7.92. The SMILES string of the molecule is C=CS(=O)(=O)N1CC(COC)(C2CCC2)C1. The van der Waals surface area contributed by atoms with E-state index in [-0.39, 0.29) is 5.41 Å². The zero-order chi connectivity index (χ0) is 11.8. The van der Waals surface area contributed by atoms with Crippen molar-refractivity contribution < 1.29 is 13.2 Å². The fraction of sp³-hybridized carbons (Fsp3) is 0.818. The van der Waals surface area contributed by atoms with Crippen molar-refractivity contribution in [2.75, 3.05) is 26.8 Å². The molecule has 5 heteroatoms. The van der Waals surface area contributed by atoms with E-state index in [0.29, 0.717) is 25.6 Å². The maximum absolute atomic E-state index is 11.6. The van der Waals surface area contributed by atoms with Gasteiger partial charge in [0.1, 0.15) is 0 Å². The minimum Gasteiger partial charge on any atom is -0.384 e. The predicted octanol–water partition coefficient (Wildman–Crippen LogP) is 1.21. The van der Waals surface area contributed by atoms with Crippen molar-refractivity contribution in [1.82, 2.24) is 4.31 Å². The zero-order valence-electron chi connectivity index (χ0n) is 9.68. The molecule has 0 N–H and O–H groups in total. The Kier molecular flexibility index (Phi) is 3.11.